The molecule has 1 atom stereocenters. The van der Waals surface area contributed by atoms with E-state index in [1.807, 2.05) is 47.8 Å². The molecule has 0 amide bonds. The maximum atomic E-state index is 11.9. The van der Waals surface area contributed by atoms with E-state index in [-0.39, 0.29) is 0 Å². The number of aromatic carboxylic acids is 1. The molecule has 1 unspecified atom stereocenters. The number of anilines is 2. The fourth-order valence-corrected chi connectivity index (χ4v) is 4.84. The summed E-state index contributed by atoms with van der Waals surface area (Å²) in [6.45, 7) is 0. The van der Waals surface area contributed by atoms with Crippen LogP contribution >= 0.6 is 11.3 Å². The number of hydrogen-bond donors (Lipinski definition) is 1. The first-order chi connectivity index (χ1) is 14.1. The van der Waals surface area contributed by atoms with Crippen molar-refractivity contribution in [1.29, 1.82) is 0 Å². The Morgan fingerprint density at radius 1 is 0.931 bits per heavy atom. The molecule has 152 valence electrons. The molecule has 0 aliphatic carbocycles. The smallest absolute Gasteiger partial charge is 0.335 e. The van der Waals surface area contributed by atoms with Crippen molar-refractivity contribution in [2.24, 2.45) is 0 Å². The summed E-state index contributed by atoms with van der Waals surface area (Å²) in [7, 11) is 0. The van der Waals surface area contributed by atoms with Crippen molar-refractivity contribution >= 4 is 39.3 Å². The topological polar surface area (TPSA) is 80.7 Å². The van der Waals surface area contributed by atoms with Crippen molar-refractivity contribution in [1.82, 2.24) is 0 Å². The molecule has 29 heavy (non-hydrogen) atoms. The molecule has 0 spiro atoms. The van der Waals surface area contributed by atoms with Gasteiger partial charge in [0.1, 0.15) is 5.00 Å². The van der Waals surface area contributed by atoms with Gasteiger partial charge in [-0.15, -0.1) is 11.3 Å². The Morgan fingerprint density at radius 2 is 1.59 bits per heavy atom. The minimum absolute atomic E-state index is 0.363. The van der Waals surface area contributed by atoms with Gasteiger partial charge in [0.15, 0.2) is 0 Å². The van der Waals surface area contributed by atoms with Crippen LogP contribution in [0.15, 0.2) is 66.0 Å². The molecule has 1 N–H and O–H groups in total. The molecule has 0 fully saturated rings. The molecule has 3 rings (SSSR count). The molecule has 0 radical (unpaired) electrons. The van der Waals surface area contributed by atoms with Crippen LogP contribution in [0.1, 0.15) is 40.7 Å². The summed E-state index contributed by atoms with van der Waals surface area (Å²) in [5, 5.41) is 11.8. The van der Waals surface area contributed by atoms with Gasteiger partial charge < -0.3 is 9.66 Å². The number of rotatable bonds is 10. The predicted octanol–water partition coefficient (Wildman–Crippen LogP) is 5.33. The van der Waals surface area contributed by atoms with Crippen molar-refractivity contribution < 1.29 is 18.7 Å². The summed E-state index contributed by atoms with van der Waals surface area (Å²) in [5.41, 5.74) is 2.88. The molecule has 5 nitrogen and oxygen atoms in total. The third-order valence-corrected chi connectivity index (χ3v) is 6.37. The highest BCUT2D eigenvalue weighted by Crippen LogP contribution is 2.33. The SMILES string of the molecule is O=C(O)c1ccccc1CCCCCc1ccccc1N(c1cccs1)S(=O)[O-]. The Bertz CT molecular complexity index is 972. The Hall–Kier alpha value is -2.48. The summed E-state index contributed by atoms with van der Waals surface area (Å²) in [6.07, 6.45) is 4.19. The number of hydrogen-bond acceptors (Lipinski definition) is 4. The van der Waals surface area contributed by atoms with E-state index in [2.05, 4.69) is 0 Å². The van der Waals surface area contributed by atoms with Gasteiger partial charge in [-0.05, 0) is 66.5 Å². The molecule has 1 aromatic heterocycles. The highest BCUT2D eigenvalue weighted by Gasteiger charge is 2.15. The summed E-state index contributed by atoms with van der Waals surface area (Å²) in [5.74, 6) is -0.895. The Balaban J connectivity index is 1.61. The second-order valence-electron chi connectivity index (χ2n) is 6.61. The first kappa shape index (κ1) is 21.2. The van der Waals surface area contributed by atoms with Crippen molar-refractivity contribution in [3.05, 3.63) is 82.7 Å². The number of carboxylic acid groups (broad SMARTS) is 1. The Morgan fingerprint density at radius 3 is 2.24 bits per heavy atom. The predicted molar refractivity (Wildman–Crippen MR) is 116 cm³/mol. The number of carbonyl (C=O) groups is 1. The monoisotopic (exact) mass is 428 g/mol. The van der Waals surface area contributed by atoms with Crippen LogP contribution in [0.5, 0.6) is 0 Å². The van der Waals surface area contributed by atoms with Crippen molar-refractivity contribution in [3.63, 3.8) is 0 Å². The summed E-state index contributed by atoms with van der Waals surface area (Å²) < 4.78 is 25.0. The zero-order valence-corrected chi connectivity index (χ0v) is 17.5. The molecular weight excluding hydrogens is 406 g/mol. The average Bonchev–Trinajstić information content (AvgIpc) is 3.23. The lowest BCUT2D eigenvalue weighted by atomic mass is 9.99. The zero-order valence-electron chi connectivity index (χ0n) is 15.8. The molecule has 0 saturated heterocycles. The van der Waals surface area contributed by atoms with Gasteiger partial charge >= 0.3 is 5.97 Å². The molecule has 3 aromatic rings. The minimum Gasteiger partial charge on any atom is -0.755 e. The molecule has 0 saturated carbocycles. The van der Waals surface area contributed by atoms with E-state index in [1.54, 1.807) is 18.2 Å². The number of para-hydroxylation sites is 1. The Labute approximate surface area is 177 Å². The normalized spacial score (nSPS) is 11.9. The standard InChI is InChI=1S/C22H23NO4S2/c24-22(25)19-13-6-4-10-17(19)9-2-1-3-11-18-12-5-7-14-20(18)23(29(26)27)21-15-8-16-28-21/h4-8,10,12-16H,1-3,9,11H2,(H,24,25)(H,26,27)/p-1. The van der Waals surface area contributed by atoms with Gasteiger partial charge in [-0.1, -0.05) is 42.8 Å². The third-order valence-electron chi connectivity index (χ3n) is 4.71. The highest BCUT2D eigenvalue weighted by molar-refractivity contribution is 7.81. The lowest BCUT2D eigenvalue weighted by molar-refractivity contribution is 0.0695. The quantitative estimate of drug-likeness (QED) is 0.349. The van der Waals surface area contributed by atoms with Crippen molar-refractivity contribution in [2.45, 2.75) is 32.1 Å². The van der Waals surface area contributed by atoms with Gasteiger partial charge in [0.05, 0.1) is 22.5 Å². The summed E-state index contributed by atoms with van der Waals surface area (Å²) in [6, 6.07) is 18.3. The van der Waals surface area contributed by atoms with Crippen molar-refractivity contribution in [3.8, 4) is 0 Å². The number of aryl methyl sites for hydroxylation is 2. The minimum atomic E-state index is -2.40. The van der Waals surface area contributed by atoms with Gasteiger partial charge in [0, 0.05) is 0 Å². The lowest BCUT2D eigenvalue weighted by Gasteiger charge is -2.27. The second kappa shape index (κ2) is 10.3. The van der Waals surface area contributed by atoms with Gasteiger partial charge in [0.2, 0.25) is 0 Å². The number of nitrogens with zero attached hydrogens (tertiary/aromatic N) is 1. The number of thiophene rings is 1. The van der Waals surface area contributed by atoms with E-state index in [1.165, 1.54) is 15.6 Å². The molecule has 1 heterocycles. The van der Waals surface area contributed by atoms with Crippen LogP contribution in [0.25, 0.3) is 0 Å². The van der Waals surface area contributed by atoms with E-state index >= 15 is 0 Å². The van der Waals surface area contributed by atoms with Crippen LogP contribution in [0, 0.1) is 0 Å². The molecule has 0 aliphatic heterocycles. The lowest BCUT2D eigenvalue weighted by Crippen LogP contribution is -2.19. The van der Waals surface area contributed by atoms with E-state index in [4.69, 9.17) is 0 Å². The van der Waals surface area contributed by atoms with Crippen LogP contribution in [-0.4, -0.2) is 19.8 Å². The van der Waals surface area contributed by atoms with Gasteiger partial charge in [-0.2, -0.15) is 0 Å². The third kappa shape index (κ3) is 5.53. The molecular formula is C22H22NO4S2-. The molecule has 0 aliphatic rings. The zero-order chi connectivity index (χ0) is 20.6. The van der Waals surface area contributed by atoms with Gasteiger partial charge in [-0.25, -0.2) is 4.79 Å². The van der Waals surface area contributed by atoms with E-state index < -0.39 is 17.2 Å². The highest BCUT2D eigenvalue weighted by atomic mass is 32.2. The first-order valence-corrected chi connectivity index (χ1v) is 11.3. The second-order valence-corrected chi connectivity index (χ2v) is 8.34. The van der Waals surface area contributed by atoms with Crippen LogP contribution < -0.4 is 4.31 Å². The van der Waals surface area contributed by atoms with Gasteiger partial charge in [-0.3, -0.25) is 8.51 Å². The number of carboxylic acids is 1. The van der Waals surface area contributed by atoms with E-state index in [0.29, 0.717) is 16.3 Å². The Kier molecular flexibility index (Phi) is 7.57. The average molecular weight is 429 g/mol. The largest absolute Gasteiger partial charge is 0.755 e. The van der Waals surface area contributed by atoms with Crippen LogP contribution in [0.4, 0.5) is 10.7 Å². The summed E-state index contributed by atoms with van der Waals surface area (Å²) in [4.78, 5) is 11.3. The van der Waals surface area contributed by atoms with Crippen LogP contribution in [-0.2, 0) is 24.1 Å². The fraction of sp³-hybridized carbons (Fsp3) is 0.227. The van der Waals surface area contributed by atoms with E-state index in [9.17, 15) is 18.7 Å². The van der Waals surface area contributed by atoms with Crippen LogP contribution in [0.2, 0.25) is 0 Å². The molecule has 7 heteroatoms. The molecule has 2 aromatic carbocycles. The van der Waals surface area contributed by atoms with Crippen LogP contribution in [0.3, 0.4) is 0 Å². The van der Waals surface area contributed by atoms with E-state index in [0.717, 1.165) is 43.2 Å². The number of benzene rings is 2. The number of unbranched alkanes of at least 4 members (excludes halogenated alkanes) is 2. The maximum Gasteiger partial charge on any atom is 0.335 e. The van der Waals surface area contributed by atoms with Gasteiger partial charge in [0.25, 0.3) is 0 Å². The molecule has 0 bridgehead atoms. The summed E-state index contributed by atoms with van der Waals surface area (Å²) >= 11 is -1.02. The fourth-order valence-electron chi connectivity index (χ4n) is 3.33. The maximum absolute atomic E-state index is 11.9. The van der Waals surface area contributed by atoms with Crippen molar-refractivity contribution in [2.75, 3.05) is 4.31 Å². The first-order valence-electron chi connectivity index (χ1n) is 9.40.